The molecule has 0 bridgehead atoms. The Bertz CT molecular complexity index is 754. The van der Waals surface area contributed by atoms with Gasteiger partial charge in [-0.1, -0.05) is 43.1 Å². The van der Waals surface area contributed by atoms with E-state index in [0.29, 0.717) is 24.3 Å². The minimum absolute atomic E-state index is 0.106. The fourth-order valence-electron chi connectivity index (χ4n) is 3.72. The first-order valence-electron chi connectivity index (χ1n) is 11.5. The first kappa shape index (κ1) is 24.2. The largest absolute Gasteiger partial charge is 0.508 e. The highest BCUT2D eigenvalue weighted by atomic mass is 16.5. The fourth-order valence-corrected chi connectivity index (χ4v) is 3.72. The third-order valence-electron chi connectivity index (χ3n) is 5.66. The van der Waals surface area contributed by atoms with E-state index in [-0.39, 0.29) is 17.6 Å². The van der Waals surface area contributed by atoms with Crippen molar-refractivity contribution in [2.45, 2.75) is 79.1 Å². The summed E-state index contributed by atoms with van der Waals surface area (Å²) >= 11 is 0. The normalized spacial score (nSPS) is 16.5. The van der Waals surface area contributed by atoms with Crippen molar-refractivity contribution < 1.29 is 14.6 Å². The number of benzene rings is 1. The standard InChI is InChI=1S/C26H39NO3/c1-5-6-7-11-21-16-24(28)23(13-12-20(4)10-8-9-19(2)3)25(17-21)30-26(29)22-14-15-27-18-22/h9,12,16-17,22,27-28H,5-8,10-11,13-15,18H2,1-4H3/b20-12+. The molecular weight excluding hydrogens is 374 g/mol. The van der Waals surface area contributed by atoms with Gasteiger partial charge in [0, 0.05) is 12.1 Å². The van der Waals surface area contributed by atoms with E-state index in [1.807, 2.05) is 12.1 Å². The molecule has 0 saturated carbocycles. The molecule has 1 aliphatic rings. The van der Waals surface area contributed by atoms with E-state index in [2.05, 4.69) is 45.2 Å². The molecule has 0 aromatic heterocycles. The van der Waals surface area contributed by atoms with Gasteiger partial charge in [0.05, 0.1) is 5.92 Å². The highest BCUT2D eigenvalue weighted by Crippen LogP contribution is 2.33. The van der Waals surface area contributed by atoms with Crippen LogP contribution in [-0.2, 0) is 17.6 Å². The van der Waals surface area contributed by atoms with Crippen molar-refractivity contribution in [1.29, 1.82) is 0 Å². The van der Waals surface area contributed by atoms with Crippen LogP contribution in [0.4, 0.5) is 0 Å². The number of aromatic hydroxyl groups is 1. The van der Waals surface area contributed by atoms with Crippen LogP contribution in [0.5, 0.6) is 11.5 Å². The molecule has 30 heavy (non-hydrogen) atoms. The summed E-state index contributed by atoms with van der Waals surface area (Å²) in [5, 5.41) is 13.9. The van der Waals surface area contributed by atoms with Gasteiger partial charge in [0.25, 0.3) is 0 Å². The maximum Gasteiger partial charge on any atom is 0.315 e. The molecular formula is C26H39NO3. The topological polar surface area (TPSA) is 58.6 Å². The van der Waals surface area contributed by atoms with E-state index < -0.39 is 0 Å². The summed E-state index contributed by atoms with van der Waals surface area (Å²) in [5.41, 5.74) is 4.34. The first-order valence-corrected chi connectivity index (χ1v) is 11.5. The highest BCUT2D eigenvalue weighted by Gasteiger charge is 2.25. The van der Waals surface area contributed by atoms with Gasteiger partial charge >= 0.3 is 5.97 Å². The number of hydrogen-bond acceptors (Lipinski definition) is 4. The molecule has 1 aromatic carbocycles. The van der Waals surface area contributed by atoms with Crippen LogP contribution in [0.1, 0.15) is 77.3 Å². The van der Waals surface area contributed by atoms with Gasteiger partial charge < -0.3 is 15.2 Å². The van der Waals surface area contributed by atoms with Crippen molar-refractivity contribution in [3.8, 4) is 11.5 Å². The zero-order valence-corrected chi connectivity index (χ0v) is 19.2. The number of carbonyl (C=O) groups excluding carboxylic acids is 1. The molecule has 4 heteroatoms. The Balaban J connectivity index is 2.18. The smallest absolute Gasteiger partial charge is 0.315 e. The molecule has 1 aliphatic heterocycles. The Labute approximate surface area is 182 Å². The SMILES string of the molecule is CCCCCc1cc(O)c(C/C=C(\C)CCC=C(C)C)c(OC(=O)C2CCNC2)c1. The molecule has 1 aromatic rings. The average molecular weight is 414 g/mol. The Hall–Kier alpha value is -2.07. The van der Waals surface area contributed by atoms with Crippen LogP contribution in [0.3, 0.4) is 0 Å². The number of aryl methyl sites for hydroxylation is 1. The molecule has 0 spiro atoms. The van der Waals surface area contributed by atoms with Crippen molar-refractivity contribution in [3.05, 3.63) is 46.6 Å². The van der Waals surface area contributed by atoms with Gasteiger partial charge in [-0.2, -0.15) is 0 Å². The maximum atomic E-state index is 12.6. The minimum atomic E-state index is -0.199. The van der Waals surface area contributed by atoms with Crippen LogP contribution >= 0.6 is 0 Å². The number of hydrogen-bond donors (Lipinski definition) is 2. The van der Waals surface area contributed by atoms with Gasteiger partial charge in [-0.3, -0.25) is 4.79 Å². The van der Waals surface area contributed by atoms with Crippen LogP contribution in [0.2, 0.25) is 0 Å². The lowest BCUT2D eigenvalue weighted by Gasteiger charge is -2.15. The third-order valence-corrected chi connectivity index (χ3v) is 5.66. The third kappa shape index (κ3) is 7.98. The van der Waals surface area contributed by atoms with E-state index in [9.17, 15) is 9.90 Å². The minimum Gasteiger partial charge on any atom is -0.508 e. The second kappa shape index (κ2) is 12.6. The van der Waals surface area contributed by atoms with Crippen molar-refractivity contribution in [2.75, 3.05) is 13.1 Å². The second-order valence-electron chi connectivity index (χ2n) is 8.73. The van der Waals surface area contributed by atoms with Gasteiger partial charge in [0.1, 0.15) is 11.5 Å². The summed E-state index contributed by atoms with van der Waals surface area (Å²) in [5.74, 6) is 0.442. The summed E-state index contributed by atoms with van der Waals surface area (Å²) in [6.45, 7) is 10.0. The Morgan fingerprint density at radius 1 is 1.23 bits per heavy atom. The fraction of sp³-hybridized carbons (Fsp3) is 0.577. The van der Waals surface area contributed by atoms with Crippen LogP contribution in [-0.4, -0.2) is 24.2 Å². The van der Waals surface area contributed by atoms with Gasteiger partial charge in [-0.05, 0) is 83.5 Å². The van der Waals surface area contributed by atoms with Crippen molar-refractivity contribution in [1.82, 2.24) is 5.32 Å². The summed E-state index contributed by atoms with van der Waals surface area (Å²) in [6, 6.07) is 3.79. The van der Waals surface area contributed by atoms with Crippen molar-refractivity contribution in [2.24, 2.45) is 5.92 Å². The Morgan fingerprint density at radius 3 is 2.70 bits per heavy atom. The molecule has 1 saturated heterocycles. The monoisotopic (exact) mass is 413 g/mol. The molecule has 1 unspecified atom stereocenters. The van der Waals surface area contributed by atoms with Crippen molar-refractivity contribution in [3.63, 3.8) is 0 Å². The molecule has 1 atom stereocenters. The van der Waals surface area contributed by atoms with Crippen molar-refractivity contribution >= 4 is 5.97 Å². The van der Waals surface area contributed by atoms with E-state index in [1.165, 1.54) is 11.1 Å². The number of ether oxygens (including phenoxy) is 1. The van der Waals surface area contributed by atoms with E-state index >= 15 is 0 Å². The number of rotatable bonds is 11. The molecule has 1 fully saturated rings. The summed E-state index contributed by atoms with van der Waals surface area (Å²) < 4.78 is 5.82. The lowest BCUT2D eigenvalue weighted by atomic mass is 10.00. The molecule has 4 nitrogen and oxygen atoms in total. The zero-order chi connectivity index (χ0) is 21.9. The van der Waals surface area contributed by atoms with E-state index in [4.69, 9.17) is 4.74 Å². The molecule has 0 radical (unpaired) electrons. The second-order valence-corrected chi connectivity index (χ2v) is 8.73. The van der Waals surface area contributed by atoms with E-state index in [1.54, 1.807) is 0 Å². The van der Waals surface area contributed by atoms with Gasteiger partial charge in [-0.15, -0.1) is 0 Å². The number of nitrogens with one attached hydrogen (secondary N) is 1. The summed E-state index contributed by atoms with van der Waals surface area (Å²) in [6.07, 6.45) is 12.0. The quantitative estimate of drug-likeness (QED) is 0.206. The number of phenols is 1. The Morgan fingerprint density at radius 2 is 2.03 bits per heavy atom. The number of phenolic OH excluding ortho intramolecular Hbond substituents is 1. The molecule has 1 heterocycles. The lowest BCUT2D eigenvalue weighted by molar-refractivity contribution is -0.138. The average Bonchev–Trinajstić information content (AvgIpc) is 3.22. The number of carbonyl (C=O) groups is 1. The molecule has 0 aliphatic carbocycles. The Kier molecular flexibility index (Phi) is 10.2. The van der Waals surface area contributed by atoms with Crippen LogP contribution in [0, 0.1) is 5.92 Å². The van der Waals surface area contributed by atoms with Crippen LogP contribution < -0.4 is 10.1 Å². The summed E-state index contributed by atoms with van der Waals surface area (Å²) in [7, 11) is 0. The maximum absolute atomic E-state index is 12.6. The predicted molar refractivity (Wildman–Crippen MR) is 124 cm³/mol. The van der Waals surface area contributed by atoms with Gasteiger partial charge in [-0.25, -0.2) is 0 Å². The molecule has 166 valence electrons. The van der Waals surface area contributed by atoms with E-state index in [0.717, 1.165) is 57.1 Å². The molecule has 0 amide bonds. The number of unbranched alkanes of at least 4 members (excludes halogenated alkanes) is 2. The first-order chi connectivity index (χ1) is 14.4. The predicted octanol–water partition coefficient (Wildman–Crippen LogP) is 5.88. The molecule has 2 rings (SSSR count). The number of allylic oxidation sites excluding steroid dienone is 4. The highest BCUT2D eigenvalue weighted by molar-refractivity contribution is 5.76. The van der Waals surface area contributed by atoms with Crippen LogP contribution in [0.15, 0.2) is 35.4 Å². The zero-order valence-electron chi connectivity index (χ0n) is 19.2. The van der Waals surface area contributed by atoms with Crippen LogP contribution in [0.25, 0.3) is 0 Å². The summed E-state index contributed by atoms with van der Waals surface area (Å²) in [4.78, 5) is 12.6. The van der Waals surface area contributed by atoms with Gasteiger partial charge in [0.2, 0.25) is 0 Å². The lowest BCUT2D eigenvalue weighted by Crippen LogP contribution is -2.23. The van der Waals surface area contributed by atoms with Gasteiger partial charge in [0.15, 0.2) is 0 Å². The number of esters is 1. The molecule has 2 N–H and O–H groups in total.